The van der Waals surface area contributed by atoms with Gasteiger partial charge in [0.05, 0.1) is 0 Å². The fourth-order valence-corrected chi connectivity index (χ4v) is 8.49. The van der Waals surface area contributed by atoms with Crippen molar-refractivity contribution in [2.24, 2.45) is 0 Å². The number of ether oxygens (including phenoxy) is 3. The number of carbonyl (C=O) groups excluding carboxylic acids is 3. The van der Waals surface area contributed by atoms with Gasteiger partial charge in [0.1, 0.15) is 13.2 Å². The maximum absolute atomic E-state index is 12.9. The first-order valence-electron chi connectivity index (χ1n) is 29.1. The van der Waals surface area contributed by atoms with Gasteiger partial charge < -0.3 is 14.2 Å². The lowest BCUT2D eigenvalue weighted by atomic mass is 10.0. The van der Waals surface area contributed by atoms with Gasteiger partial charge in [0.2, 0.25) is 0 Å². The van der Waals surface area contributed by atoms with E-state index >= 15 is 0 Å². The summed E-state index contributed by atoms with van der Waals surface area (Å²) in [5, 5.41) is 0. The molecule has 390 valence electrons. The second-order valence-electron chi connectivity index (χ2n) is 19.5. The van der Waals surface area contributed by atoms with Crippen LogP contribution in [0.25, 0.3) is 0 Å². The molecule has 1 atom stereocenters. The monoisotopic (exact) mass is 939 g/mol. The zero-order chi connectivity index (χ0) is 48.6. The van der Waals surface area contributed by atoms with Gasteiger partial charge >= 0.3 is 17.9 Å². The molecule has 0 aromatic carbocycles. The maximum atomic E-state index is 12.9. The smallest absolute Gasteiger partial charge is 0.306 e. The van der Waals surface area contributed by atoms with Crippen molar-refractivity contribution in [1.29, 1.82) is 0 Å². The van der Waals surface area contributed by atoms with Gasteiger partial charge in [0.15, 0.2) is 6.10 Å². The van der Waals surface area contributed by atoms with E-state index in [2.05, 4.69) is 69.4 Å². The highest BCUT2D eigenvalue weighted by atomic mass is 16.6. The topological polar surface area (TPSA) is 78.9 Å². The van der Waals surface area contributed by atoms with E-state index in [-0.39, 0.29) is 31.1 Å². The number of carbonyl (C=O) groups is 3. The highest BCUT2D eigenvalue weighted by Crippen LogP contribution is 2.17. The molecule has 67 heavy (non-hydrogen) atoms. The summed E-state index contributed by atoms with van der Waals surface area (Å²) in [4.78, 5) is 38.1. The summed E-state index contributed by atoms with van der Waals surface area (Å²) in [5.74, 6) is -0.907. The number of allylic oxidation sites excluding steroid dienone is 8. The Morgan fingerprint density at radius 3 is 0.910 bits per heavy atom. The van der Waals surface area contributed by atoms with Crippen molar-refractivity contribution >= 4 is 17.9 Å². The molecule has 0 saturated heterocycles. The van der Waals surface area contributed by atoms with Crippen molar-refractivity contribution in [2.45, 2.75) is 309 Å². The van der Waals surface area contributed by atoms with Crippen LogP contribution < -0.4 is 0 Å². The van der Waals surface area contributed by atoms with Crippen molar-refractivity contribution in [2.75, 3.05) is 13.2 Å². The molecule has 6 nitrogen and oxygen atoms in total. The number of hydrogen-bond acceptors (Lipinski definition) is 6. The number of rotatable bonds is 53. The summed E-state index contributed by atoms with van der Waals surface area (Å²) in [6, 6.07) is 0. The fourth-order valence-electron chi connectivity index (χ4n) is 8.49. The molecule has 0 N–H and O–H groups in total. The van der Waals surface area contributed by atoms with E-state index in [1.807, 2.05) is 0 Å². The minimum atomic E-state index is -0.786. The summed E-state index contributed by atoms with van der Waals surface area (Å²) in [5.41, 5.74) is 0. The van der Waals surface area contributed by atoms with E-state index in [4.69, 9.17) is 14.2 Å². The molecule has 0 spiro atoms. The van der Waals surface area contributed by atoms with E-state index < -0.39 is 6.10 Å². The Morgan fingerprint density at radius 2 is 0.582 bits per heavy atom. The van der Waals surface area contributed by atoms with E-state index in [0.29, 0.717) is 19.3 Å². The molecule has 0 rings (SSSR count). The van der Waals surface area contributed by atoms with Crippen molar-refractivity contribution < 1.29 is 28.6 Å². The van der Waals surface area contributed by atoms with Crippen LogP contribution in [0.15, 0.2) is 48.6 Å². The summed E-state index contributed by atoms with van der Waals surface area (Å²) in [6.07, 6.45) is 68.2. The first-order chi connectivity index (χ1) is 33.0. The quantitative estimate of drug-likeness (QED) is 0.0262. The molecule has 0 heterocycles. The molecular formula is C61H110O6. The molecule has 6 heteroatoms. The van der Waals surface area contributed by atoms with Gasteiger partial charge in [0, 0.05) is 19.3 Å². The van der Waals surface area contributed by atoms with Gasteiger partial charge in [0.25, 0.3) is 0 Å². The Hall–Kier alpha value is -2.63. The van der Waals surface area contributed by atoms with Crippen LogP contribution in [0.5, 0.6) is 0 Å². The van der Waals surface area contributed by atoms with E-state index in [1.54, 1.807) is 0 Å². The van der Waals surface area contributed by atoms with Crippen molar-refractivity contribution in [3.8, 4) is 0 Å². The SMILES string of the molecule is CC/C=C\C/C=C\C/C=C\C/C=C\CCCCC(=O)OCC(COC(=O)CCCCCCCCCCCCCCCCCCCC)OC(=O)CCCCCCCCCCCCCCCCCC. The predicted octanol–water partition coefficient (Wildman–Crippen LogP) is 19.4. The molecule has 0 aliphatic carbocycles. The highest BCUT2D eigenvalue weighted by Gasteiger charge is 2.19. The average Bonchev–Trinajstić information content (AvgIpc) is 3.33. The highest BCUT2D eigenvalue weighted by molar-refractivity contribution is 5.71. The number of esters is 3. The standard InChI is InChI=1S/C61H110O6/c1-4-7-10-13-16-19-22-25-28-30-31-34-36-39-42-45-48-51-54-60(63)66-57-58(56-65-59(62)53-50-47-44-41-38-35-32-27-24-21-18-15-12-9-6-3)67-61(64)55-52-49-46-43-40-37-33-29-26-23-20-17-14-11-8-5-2/h9,12,18,21,27,32,38,41,58H,4-8,10-11,13-17,19-20,22-26,28-31,33-37,39-40,42-57H2,1-3H3/b12-9-,21-18-,32-27-,41-38-. The van der Waals surface area contributed by atoms with E-state index in [0.717, 1.165) is 83.5 Å². The van der Waals surface area contributed by atoms with Crippen LogP contribution in [0, 0.1) is 0 Å². The van der Waals surface area contributed by atoms with Crippen molar-refractivity contribution in [1.82, 2.24) is 0 Å². The number of unbranched alkanes of at least 4 members (excludes halogenated alkanes) is 34. The Bertz CT molecular complexity index is 1170. The molecular weight excluding hydrogens is 829 g/mol. The molecule has 0 aliphatic rings. The number of hydrogen-bond donors (Lipinski definition) is 0. The third-order valence-corrected chi connectivity index (χ3v) is 12.8. The van der Waals surface area contributed by atoms with Crippen LogP contribution in [-0.2, 0) is 28.6 Å². The van der Waals surface area contributed by atoms with Gasteiger partial charge in [-0.15, -0.1) is 0 Å². The Labute approximate surface area is 416 Å². The molecule has 0 amide bonds. The molecule has 0 bridgehead atoms. The van der Waals surface area contributed by atoms with Crippen molar-refractivity contribution in [3.05, 3.63) is 48.6 Å². The molecule has 0 aromatic heterocycles. The van der Waals surface area contributed by atoms with E-state index in [9.17, 15) is 14.4 Å². The maximum Gasteiger partial charge on any atom is 0.306 e. The summed E-state index contributed by atoms with van der Waals surface area (Å²) in [7, 11) is 0. The minimum Gasteiger partial charge on any atom is -0.462 e. The van der Waals surface area contributed by atoms with Crippen LogP contribution in [-0.4, -0.2) is 37.2 Å². The van der Waals surface area contributed by atoms with Crippen LogP contribution >= 0.6 is 0 Å². The Morgan fingerprint density at radius 1 is 0.313 bits per heavy atom. The largest absolute Gasteiger partial charge is 0.462 e. The first-order valence-corrected chi connectivity index (χ1v) is 29.1. The van der Waals surface area contributed by atoms with Gasteiger partial charge in [-0.2, -0.15) is 0 Å². The summed E-state index contributed by atoms with van der Waals surface area (Å²) >= 11 is 0. The zero-order valence-corrected chi connectivity index (χ0v) is 44.7. The molecule has 0 radical (unpaired) electrons. The molecule has 0 aliphatic heterocycles. The minimum absolute atomic E-state index is 0.0817. The van der Waals surface area contributed by atoms with Gasteiger partial charge in [-0.1, -0.05) is 275 Å². The lowest BCUT2D eigenvalue weighted by Gasteiger charge is -2.18. The third kappa shape index (κ3) is 54.2. The average molecular weight is 940 g/mol. The lowest BCUT2D eigenvalue weighted by Crippen LogP contribution is -2.30. The Kier molecular flexibility index (Phi) is 53.8. The molecule has 0 saturated carbocycles. The molecule has 0 aromatic rings. The lowest BCUT2D eigenvalue weighted by molar-refractivity contribution is -0.167. The van der Waals surface area contributed by atoms with Crippen LogP contribution in [0.2, 0.25) is 0 Å². The second kappa shape index (κ2) is 56.0. The second-order valence-corrected chi connectivity index (χ2v) is 19.5. The van der Waals surface area contributed by atoms with Crippen LogP contribution in [0.1, 0.15) is 303 Å². The van der Waals surface area contributed by atoms with Crippen LogP contribution in [0.4, 0.5) is 0 Å². The third-order valence-electron chi connectivity index (χ3n) is 12.8. The summed E-state index contributed by atoms with van der Waals surface area (Å²) in [6.45, 7) is 6.54. The van der Waals surface area contributed by atoms with Gasteiger partial charge in [-0.25, -0.2) is 0 Å². The van der Waals surface area contributed by atoms with Crippen molar-refractivity contribution in [3.63, 3.8) is 0 Å². The van der Waals surface area contributed by atoms with Gasteiger partial charge in [-0.05, 0) is 57.8 Å². The first kappa shape index (κ1) is 64.4. The summed E-state index contributed by atoms with van der Waals surface area (Å²) < 4.78 is 16.9. The van der Waals surface area contributed by atoms with Gasteiger partial charge in [-0.3, -0.25) is 14.4 Å². The van der Waals surface area contributed by atoms with E-state index in [1.165, 1.54) is 180 Å². The Balaban J connectivity index is 4.37. The normalized spacial score (nSPS) is 12.3. The predicted molar refractivity (Wildman–Crippen MR) is 289 cm³/mol. The molecule has 0 fully saturated rings. The molecule has 1 unspecified atom stereocenters. The zero-order valence-electron chi connectivity index (χ0n) is 44.7. The fraction of sp³-hybridized carbons (Fsp3) is 0.820. The van der Waals surface area contributed by atoms with Crippen LogP contribution in [0.3, 0.4) is 0 Å².